The highest BCUT2D eigenvalue weighted by Crippen LogP contribution is 2.15. The minimum absolute atomic E-state index is 0.370. The molecule has 0 radical (unpaired) electrons. The number of hydrogen-bond acceptors (Lipinski definition) is 4. The first kappa shape index (κ1) is 11.8. The third-order valence-corrected chi connectivity index (χ3v) is 1.35. The van der Waals surface area contributed by atoms with Crippen molar-refractivity contribution in [1.82, 2.24) is 0 Å². The minimum atomic E-state index is -1.51. The summed E-state index contributed by atoms with van der Waals surface area (Å²) in [7, 11) is 0. The Labute approximate surface area is 73.7 Å². The van der Waals surface area contributed by atoms with Gasteiger partial charge in [0, 0.05) is 6.42 Å². The molecule has 2 unspecified atom stereocenters. The van der Waals surface area contributed by atoms with Crippen LogP contribution in [0.2, 0.25) is 0 Å². The molecule has 0 spiro atoms. The molecular weight excluding hydrogens is 158 g/mol. The second-order valence-electron chi connectivity index (χ2n) is 2.74. The summed E-state index contributed by atoms with van der Waals surface area (Å²) >= 11 is 0. The van der Waals surface area contributed by atoms with Gasteiger partial charge >= 0.3 is 0 Å². The fourth-order valence-electron chi connectivity index (χ4n) is 0.771. The van der Waals surface area contributed by atoms with E-state index in [4.69, 9.17) is 15.2 Å². The number of rotatable bonds is 6. The van der Waals surface area contributed by atoms with Crippen molar-refractivity contribution in [3.05, 3.63) is 0 Å². The molecule has 0 aliphatic heterocycles. The zero-order valence-electron chi connectivity index (χ0n) is 8.04. The van der Waals surface area contributed by atoms with E-state index in [-0.39, 0.29) is 0 Å². The van der Waals surface area contributed by atoms with Gasteiger partial charge in [-0.1, -0.05) is 13.8 Å². The van der Waals surface area contributed by atoms with Gasteiger partial charge in [-0.05, 0) is 13.3 Å². The lowest BCUT2D eigenvalue weighted by Gasteiger charge is -2.28. The molecule has 0 aliphatic rings. The zero-order chi connectivity index (χ0) is 9.61. The Bertz CT molecular complexity index is 119. The number of aliphatic hydroxyl groups is 1. The topological polar surface area (TPSA) is 64.7 Å². The molecule has 0 aliphatic carbocycles. The third kappa shape index (κ3) is 4.66. The molecule has 0 amide bonds. The molecule has 0 aromatic rings. The van der Waals surface area contributed by atoms with E-state index in [2.05, 4.69) is 0 Å². The van der Waals surface area contributed by atoms with Gasteiger partial charge in [0.05, 0.1) is 6.61 Å². The van der Waals surface area contributed by atoms with E-state index in [9.17, 15) is 5.11 Å². The maximum Gasteiger partial charge on any atom is 0.281 e. The smallest absolute Gasteiger partial charge is 0.281 e. The summed E-state index contributed by atoms with van der Waals surface area (Å²) in [5, 5.41) is 9.60. The molecular formula is C8H19NO3. The first-order valence-corrected chi connectivity index (χ1v) is 4.33. The van der Waals surface area contributed by atoms with E-state index in [1.165, 1.54) is 0 Å². The van der Waals surface area contributed by atoms with Crippen LogP contribution in [0.3, 0.4) is 0 Å². The second-order valence-corrected chi connectivity index (χ2v) is 2.74. The standard InChI is InChI=1S/C8H19NO3/c1-4-6-11-8(10,5-2)12-7(3)9/h7,10H,4-6,9H2,1-3H3. The predicted molar refractivity (Wildman–Crippen MR) is 46.2 cm³/mol. The summed E-state index contributed by atoms with van der Waals surface area (Å²) in [5.74, 6) is -1.51. The van der Waals surface area contributed by atoms with E-state index < -0.39 is 12.2 Å². The van der Waals surface area contributed by atoms with Crippen molar-refractivity contribution in [3.8, 4) is 0 Å². The number of nitrogens with two attached hydrogens (primary N) is 1. The quantitative estimate of drug-likeness (QED) is 0.589. The van der Waals surface area contributed by atoms with E-state index in [0.29, 0.717) is 13.0 Å². The van der Waals surface area contributed by atoms with Crippen LogP contribution >= 0.6 is 0 Å². The van der Waals surface area contributed by atoms with Gasteiger partial charge in [0.25, 0.3) is 5.97 Å². The van der Waals surface area contributed by atoms with Crippen LogP contribution in [0.4, 0.5) is 0 Å². The lowest BCUT2D eigenvalue weighted by atomic mass is 10.4. The molecule has 0 fully saturated rings. The van der Waals surface area contributed by atoms with Gasteiger partial charge in [-0.2, -0.15) is 0 Å². The highest BCUT2D eigenvalue weighted by molar-refractivity contribution is 4.52. The summed E-state index contributed by atoms with van der Waals surface area (Å²) in [4.78, 5) is 0. The predicted octanol–water partition coefficient (Wildman–Crippen LogP) is 0.790. The normalized spacial score (nSPS) is 18.8. The van der Waals surface area contributed by atoms with Crippen LogP contribution in [0, 0.1) is 0 Å². The van der Waals surface area contributed by atoms with Gasteiger partial charge < -0.3 is 20.3 Å². The summed E-state index contributed by atoms with van der Waals surface area (Å²) < 4.78 is 10.1. The molecule has 0 aromatic carbocycles. The first-order valence-electron chi connectivity index (χ1n) is 4.33. The maximum absolute atomic E-state index is 9.60. The van der Waals surface area contributed by atoms with Crippen molar-refractivity contribution in [2.45, 2.75) is 45.8 Å². The van der Waals surface area contributed by atoms with Crippen LogP contribution in [0.1, 0.15) is 33.6 Å². The van der Waals surface area contributed by atoms with Gasteiger partial charge in [0.15, 0.2) is 0 Å². The summed E-state index contributed by atoms with van der Waals surface area (Å²) in [5.41, 5.74) is 5.36. The van der Waals surface area contributed by atoms with E-state index >= 15 is 0 Å². The molecule has 74 valence electrons. The molecule has 4 heteroatoms. The highest BCUT2D eigenvalue weighted by Gasteiger charge is 2.27. The molecule has 2 atom stereocenters. The van der Waals surface area contributed by atoms with Gasteiger partial charge in [-0.3, -0.25) is 0 Å². The van der Waals surface area contributed by atoms with Gasteiger partial charge in [-0.15, -0.1) is 0 Å². The molecule has 12 heavy (non-hydrogen) atoms. The Morgan fingerprint density at radius 3 is 2.42 bits per heavy atom. The lowest BCUT2D eigenvalue weighted by molar-refractivity contribution is -0.373. The average molecular weight is 177 g/mol. The van der Waals surface area contributed by atoms with Crippen molar-refractivity contribution >= 4 is 0 Å². The van der Waals surface area contributed by atoms with Crippen molar-refractivity contribution in [1.29, 1.82) is 0 Å². The fraction of sp³-hybridized carbons (Fsp3) is 1.00. The molecule has 0 bridgehead atoms. The Morgan fingerprint density at radius 2 is 2.08 bits per heavy atom. The van der Waals surface area contributed by atoms with Gasteiger partial charge in [0.2, 0.25) is 0 Å². The van der Waals surface area contributed by atoms with Crippen molar-refractivity contribution < 1.29 is 14.6 Å². The largest absolute Gasteiger partial charge is 0.343 e. The Kier molecular flexibility index (Phi) is 5.41. The van der Waals surface area contributed by atoms with Crippen LogP contribution in [-0.2, 0) is 9.47 Å². The van der Waals surface area contributed by atoms with Crippen LogP contribution < -0.4 is 5.73 Å². The minimum Gasteiger partial charge on any atom is -0.343 e. The van der Waals surface area contributed by atoms with Crippen LogP contribution in [0.15, 0.2) is 0 Å². The molecule has 0 rings (SSSR count). The molecule has 0 heterocycles. The molecule has 0 saturated carbocycles. The highest BCUT2D eigenvalue weighted by atomic mass is 16.8. The monoisotopic (exact) mass is 177 g/mol. The molecule has 0 aromatic heterocycles. The number of ether oxygens (including phenoxy) is 2. The van der Waals surface area contributed by atoms with Crippen LogP contribution in [-0.4, -0.2) is 23.9 Å². The second kappa shape index (κ2) is 5.48. The number of hydrogen-bond donors (Lipinski definition) is 2. The third-order valence-electron chi connectivity index (χ3n) is 1.35. The van der Waals surface area contributed by atoms with Gasteiger partial charge in [-0.25, -0.2) is 0 Å². The average Bonchev–Trinajstić information content (AvgIpc) is 2.00. The first-order chi connectivity index (χ1) is 5.54. The summed E-state index contributed by atoms with van der Waals surface area (Å²) in [6.45, 7) is 5.85. The van der Waals surface area contributed by atoms with Crippen LogP contribution in [0.25, 0.3) is 0 Å². The Balaban J connectivity index is 3.86. The Morgan fingerprint density at radius 1 is 1.50 bits per heavy atom. The van der Waals surface area contributed by atoms with Gasteiger partial charge in [0.1, 0.15) is 6.23 Å². The Hall–Kier alpha value is -0.160. The zero-order valence-corrected chi connectivity index (χ0v) is 8.04. The summed E-state index contributed by atoms with van der Waals surface area (Å²) in [6, 6.07) is 0. The van der Waals surface area contributed by atoms with Crippen molar-refractivity contribution in [3.63, 3.8) is 0 Å². The maximum atomic E-state index is 9.60. The summed E-state index contributed by atoms with van der Waals surface area (Å²) in [6.07, 6.45) is 0.686. The SMILES string of the molecule is CCCOC(O)(CC)OC(C)N. The molecule has 0 saturated heterocycles. The van der Waals surface area contributed by atoms with Crippen molar-refractivity contribution in [2.75, 3.05) is 6.61 Å². The van der Waals surface area contributed by atoms with E-state index in [0.717, 1.165) is 6.42 Å². The van der Waals surface area contributed by atoms with Crippen LogP contribution in [0.5, 0.6) is 0 Å². The fourth-order valence-corrected chi connectivity index (χ4v) is 0.771. The lowest BCUT2D eigenvalue weighted by Crippen LogP contribution is -2.41. The molecule has 4 nitrogen and oxygen atoms in total. The van der Waals surface area contributed by atoms with E-state index in [1.54, 1.807) is 13.8 Å². The van der Waals surface area contributed by atoms with Crippen molar-refractivity contribution in [2.24, 2.45) is 5.73 Å². The molecule has 3 N–H and O–H groups in total. The van der Waals surface area contributed by atoms with E-state index in [1.807, 2.05) is 6.92 Å².